The van der Waals surface area contributed by atoms with Crippen molar-refractivity contribution in [3.8, 4) is 0 Å². The smallest absolute Gasteiger partial charge is 0.315 e. The van der Waals surface area contributed by atoms with Crippen molar-refractivity contribution in [1.29, 1.82) is 0 Å². The third-order valence-electron chi connectivity index (χ3n) is 3.16. The van der Waals surface area contributed by atoms with Gasteiger partial charge in [0.05, 0.1) is 12.8 Å². The molecule has 0 saturated carbocycles. The number of hydrogen-bond acceptors (Lipinski definition) is 3. The molecule has 0 unspecified atom stereocenters. The van der Waals surface area contributed by atoms with Crippen molar-refractivity contribution in [3.63, 3.8) is 0 Å². The summed E-state index contributed by atoms with van der Waals surface area (Å²) in [4.78, 5) is 13.7. The molecule has 1 heterocycles. The average Bonchev–Trinajstić information content (AvgIpc) is 2.99. The highest BCUT2D eigenvalue weighted by molar-refractivity contribution is 5.73. The van der Waals surface area contributed by atoms with Gasteiger partial charge >= 0.3 is 6.03 Å². The Hall–Kier alpha value is -2.43. The lowest BCUT2D eigenvalue weighted by molar-refractivity contribution is 0.239. The Bertz CT molecular complexity index is 547. The Morgan fingerprint density at radius 2 is 1.90 bits per heavy atom. The first-order valence-corrected chi connectivity index (χ1v) is 6.95. The van der Waals surface area contributed by atoms with E-state index < -0.39 is 0 Å². The van der Waals surface area contributed by atoms with E-state index in [2.05, 4.69) is 39.8 Å². The number of nitrogens with one attached hydrogen (secondary N) is 2. The van der Waals surface area contributed by atoms with E-state index in [0.29, 0.717) is 13.1 Å². The topological polar surface area (TPSA) is 57.5 Å². The first-order chi connectivity index (χ1) is 10.1. The summed E-state index contributed by atoms with van der Waals surface area (Å²) in [5, 5.41) is 5.57. The SMILES string of the molecule is CN(C)c1ccc(CCNC(=O)NCc2ccco2)cc1. The van der Waals surface area contributed by atoms with Gasteiger partial charge < -0.3 is 20.0 Å². The van der Waals surface area contributed by atoms with Gasteiger partial charge in [-0.2, -0.15) is 0 Å². The number of rotatable bonds is 6. The van der Waals surface area contributed by atoms with Gasteiger partial charge in [0, 0.05) is 26.3 Å². The molecular weight excluding hydrogens is 266 g/mol. The molecule has 0 aliphatic heterocycles. The number of urea groups is 1. The lowest BCUT2D eigenvalue weighted by Crippen LogP contribution is -2.36. The third-order valence-corrected chi connectivity index (χ3v) is 3.16. The van der Waals surface area contributed by atoms with Crippen LogP contribution in [-0.2, 0) is 13.0 Å². The van der Waals surface area contributed by atoms with E-state index in [4.69, 9.17) is 4.42 Å². The van der Waals surface area contributed by atoms with Crippen molar-refractivity contribution in [2.24, 2.45) is 0 Å². The lowest BCUT2D eigenvalue weighted by Gasteiger charge is -2.12. The predicted octanol–water partition coefficient (Wildman–Crippen LogP) is 2.39. The molecule has 0 radical (unpaired) electrons. The summed E-state index contributed by atoms with van der Waals surface area (Å²) in [6.45, 7) is 1.00. The van der Waals surface area contributed by atoms with E-state index in [-0.39, 0.29) is 6.03 Å². The molecule has 2 N–H and O–H groups in total. The Morgan fingerprint density at radius 1 is 1.14 bits per heavy atom. The van der Waals surface area contributed by atoms with E-state index in [1.165, 1.54) is 11.3 Å². The summed E-state index contributed by atoms with van der Waals surface area (Å²) in [5.74, 6) is 0.740. The van der Waals surface area contributed by atoms with Crippen LogP contribution in [0, 0.1) is 0 Å². The van der Waals surface area contributed by atoms with Crippen LogP contribution in [0.15, 0.2) is 47.1 Å². The number of benzene rings is 1. The van der Waals surface area contributed by atoms with Crippen molar-refractivity contribution in [2.45, 2.75) is 13.0 Å². The minimum atomic E-state index is -0.184. The molecule has 0 bridgehead atoms. The highest BCUT2D eigenvalue weighted by Gasteiger charge is 2.02. The van der Waals surface area contributed by atoms with Crippen molar-refractivity contribution in [2.75, 3.05) is 25.5 Å². The number of furan rings is 1. The zero-order valence-electron chi connectivity index (χ0n) is 12.4. The second-order valence-corrected chi connectivity index (χ2v) is 5.00. The molecular formula is C16H21N3O2. The number of anilines is 1. The highest BCUT2D eigenvalue weighted by Crippen LogP contribution is 2.12. The van der Waals surface area contributed by atoms with Crippen LogP contribution < -0.4 is 15.5 Å². The summed E-state index contributed by atoms with van der Waals surface area (Å²) in [6, 6.07) is 11.8. The van der Waals surface area contributed by atoms with Gasteiger partial charge in [0.2, 0.25) is 0 Å². The normalized spacial score (nSPS) is 10.2. The molecule has 0 atom stereocenters. The third kappa shape index (κ3) is 4.87. The number of hydrogen-bond donors (Lipinski definition) is 2. The molecule has 1 aromatic carbocycles. The average molecular weight is 287 g/mol. The van der Waals surface area contributed by atoms with Crippen LogP contribution in [0.25, 0.3) is 0 Å². The predicted molar refractivity (Wildman–Crippen MR) is 83.4 cm³/mol. The van der Waals surface area contributed by atoms with E-state index in [1.54, 1.807) is 12.3 Å². The lowest BCUT2D eigenvalue weighted by atomic mass is 10.1. The summed E-state index contributed by atoms with van der Waals surface area (Å²) in [6.07, 6.45) is 2.40. The molecule has 2 amide bonds. The summed E-state index contributed by atoms with van der Waals surface area (Å²) < 4.78 is 5.14. The van der Waals surface area contributed by atoms with E-state index in [0.717, 1.165) is 12.2 Å². The second-order valence-electron chi connectivity index (χ2n) is 5.00. The van der Waals surface area contributed by atoms with Gasteiger partial charge in [0.25, 0.3) is 0 Å². The molecule has 21 heavy (non-hydrogen) atoms. The van der Waals surface area contributed by atoms with Gasteiger partial charge in [0.1, 0.15) is 5.76 Å². The number of carbonyl (C=O) groups is 1. The maximum absolute atomic E-state index is 11.6. The monoisotopic (exact) mass is 287 g/mol. The number of carbonyl (C=O) groups excluding carboxylic acids is 1. The molecule has 2 rings (SSSR count). The van der Waals surface area contributed by atoms with E-state index in [9.17, 15) is 4.79 Å². The van der Waals surface area contributed by atoms with Crippen LogP contribution in [-0.4, -0.2) is 26.7 Å². The van der Waals surface area contributed by atoms with Crippen LogP contribution in [0.2, 0.25) is 0 Å². The first-order valence-electron chi connectivity index (χ1n) is 6.95. The Kier molecular flexibility index (Phi) is 5.26. The maximum Gasteiger partial charge on any atom is 0.315 e. The van der Waals surface area contributed by atoms with Crippen molar-refractivity contribution >= 4 is 11.7 Å². The Labute approximate surface area is 124 Å². The first kappa shape index (κ1) is 15.0. The van der Waals surface area contributed by atoms with Crippen LogP contribution in [0.4, 0.5) is 10.5 Å². The molecule has 0 aliphatic carbocycles. The van der Waals surface area contributed by atoms with Crippen LogP contribution in [0.1, 0.15) is 11.3 Å². The zero-order chi connectivity index (χ0) is 15.1. The second kappa shape index (κ2) is 7.38. The van der Waals surface area contributed by atoms with E-state index >= 15 is 0 Å². The fourth-order valence-corrected chi connectivity index (χ4v) is 1.92. The molecule has 112 valence electrons. The van der Waals surface area contributed by atoms with E-state index in [1.807, 2.05) is 20.2 Å². The molecule has 1 aromatic heterocycles. The molecule has 5 heteroatoms. The van der Waals surface area contributed by atoms with Crippen molar-refractivity contribution in [3.05, 3.63) is 54.0 Å². The Balaban J connectivity index is 1.67. The maximum atomic E-state index is 11.6. The summed E-state index contributed by atoms with van der Waals surface area (Å²) >= 11 is 0. The molecule has 0 saturated heterocycles. The van der Waals surface area contributed by atoms with Gasteiger partial charge in [-0.25, -0.2) is 4.79 Å². The minimum absolute atomic E-state index is 0.184. The van der Waals surface area contributed by atoms with Crippen molar-refractivity contribution < 1.29 is 9.21 Å². The van der Waals surface area contributed by atoms with Crippen LogP contribution >= 0.6 is 0 Å². The minimum Gasteiger partial charge on any atom is -0.467 e. The van der Waals surface area contributed by atoms with Gasteiger partial charge in [-0.1, -0.05) is 12.1 Å². The van der Waals surface area contributed by atoms with Gasteiger partial charge in [0.15, 0.2) is 0 Å². The zero-order valence-corrected chi connectivity index (χ0v) is 12.4. The molecule has 0 spiro atoms. The largest absolute Gasteiger partial charge is 0.467 e. The summed E-state index contributed by atoms with van der Waals surface area (Å²) in [7, 11) is 4.03. The van der Waals surface area contributed by atoms with Gasteiger partial charge in [-0.15, -0.1) is 0 Å². The standard InChI is InChI=1S/C16H21N3O2/c1-19(2)14-7-5-13(6-8-14)9-10-17-16(20)18-12-15-4-3-11-21-15/h3-8,11H,9-10,12H2,1-2H3,(H2,17,18,20). The molecule has 5 nitrogen and oxygen atoms in total. The quantitative estimate of drug-likeness (QED) is 0.857. The number of nitrogens with zero attached hydrogens (tertiary/aromatic N) is 1. The van der Waals surface area contributed by atoms with Gasteiger partial charge in [-0.3, -0.25) is 0 Å². The molecule has 2 aromatic rings. The highest BCUT2D eigenvalue weighted by atomic mass is 16.3. The fraction of sp³-hybridized carbons (Fsp3) is 0.312. The van der Waals surface area contributed by atoms with Crippen LogP contribution in [0.5, 0.6) is 0 Å². The molecule has 0 fully saturated rings. The van der Waals surface area contributed by atoms with Gasteiger partial charge in [-0.05, 0) is 36.2 Å². The fourth-order valence-electron chi connectivity index (χ4n) is 1.92. The van der Waals surface area contributed by atoms with Crippen LogP contribution in [0.3, 0.4) is 0 Å². The number of amides is 2. The molecule has 0 aliphatic rings. The Morgan fingerprint density at radius 3 is 2.52 bits per heavy atom. The summed E-state index contributed by atoms with van der Waals surface area (Å²) in [5.41, 5.74) is 2.37. The van der Waals surface area contributed by atoms with Crippen molar-refractivity contribution in [1.82, 2.24) is 10.6 Å².